The number of rotatable bonds is 5. The third-order valence-electron chi connectivity index (χ3n) is 4.64. The van der Waals surface area contributed by atoms with Gasteiger partial charge in [-0.2, -0.15) is 0 Å². The second kappa shape index (κ2) is 7.67. The summed E-state index contributed by atoms with van der Waals surface area (Å²) >= 11 is 0. The SMILES string of the molecule is COC(=O)c1cc(NC(=O)CN2C(=O)C3CCCN3C2=O)cc(C(=O)OC)c1. The quantitative estimate of drug-likeness (QED) is 0.579. The van der Waals surface area contributed by atoms with Crippen molar-refractivity contribution in [3.63, 3.8) is 0 Å². The van der Waals surface area contributed by atoms with Crippen LogP contribution in [-0.4, -0.2) is 72.9 Å². The summed E-state index contributed by atoms with van der Waals surface area (Å²) in [5.74, 6) is -2.43. The van der Waals surface area contributed by atoms with Gasteiger partial charge in [0.2, 0.25) is 5.91 Å². The van der Waals surface area contributed by atoms with E-state index in [1.54, 1.807) is 0 Å². The van der Waals surface area contributed by atoms with Crippen molar-refractivity contribution in [2.45, 2.75) is 18.9 Å². The summed E-state index contributed by atoms with van der Waals surface area (Å²) in [6, 6.07) is 2.94. The summed E-state index contributed by atoms with van der Waals surface area (Å²) in [7, 11) is 2.37. The first-order valence-electron chi connectivity index (χ1n) is 8.59. The van der Waals surface area contributed by atoms with Gasteiger partial charge >= 0.3 is 18.0 Å². The minimum atomic E-state index is -0.702. The number of carbonyl (C=O) groups excluding carboxylic acids is 5. The van der Waals surface area contributed by atoms with E-state index in [4.69, 9.17) is 0 Å². The number of ether oxygens (including phenoxy) is 2. The van der Waals surface area contributed by atoms with E-state index in [0.29, 0.717) is 13.0 Å². The largest absolute Gasteiger partial charge is 0.465 e. The fraction of sp³-hybridized carbons (Fsp3) is 0.389. The second-order valence-corrected chi connectivity index (χ2v) is 6.39. The number of fused-ring (bicyclic) bond motifs is 1. The molecule has 0 radical (unpaired) electrons. The monoisotopic (exact) mass is 389 g/mol. The molecule has 1 unspecified atom stereocenters. The molecule has 28 heavy (non-hydrogen) atoms. The summed E-state index contributed by atoms with van der Waals surface area (Å²) in [6.45, 7) is 0.0394. The number of urea groups is 1. The Bertz CT molecular complexity index is 810. The number of carbonyl (C=O) groups is 5. The zero-order valence-electron chi connectivity index (χ0n) is 15.4. The molecule has 1 atom stereocenters. The fourth-order valence-corrected chi connectivity index (χ4v) is 3.34. The molecule has 4 amide bonds. The first-order chi connectivity index (χ1) is 13.3. The molecule has 1 aromatic rings. The van der Waals surface area contributed by atoms with Crippen molar-refractivity contribution >= 4 is 35.5 Å². The van der Waals surface area contributed by atoms with Gasteiger partial charge in [-0.05, 0) is 31.0 Å². The van der Waals surface area contributed by atoms with Crippen LogP contribution >= 0.6 is 0 Å². The molecule has 2 aliphatic heterocycles. The van der Waals surface area contributed by atoms with Gasteiger partial charge < -0.3 is 19.7 Å². The van der Waals surface area contributed by atoms with Crippen molar-refractivity contribution in [1.82, 2.24) is 9.80 Å². The van der Waals surface area contributed by atoms with Crippen molar-refractivity contribution in [3.8, 4) is 0 Å². The number of hydrogen-bond acceptors (Lipinski definition) is 7. The van der Waals surface area contributed by atoms with E-state index in [1.807, 2.05) is 0 Å². The van der Waals surface area contributed by atoms with Crippen LogP contribution in [0.4, 0.5) is 10.5 Å². The van der Waals surface area contributed by atoms with E-state index in [1.165, 1.54) is 37.3 Å². The Labute approximate surface area is 160 Å². The van der Waals surface area contributed by atoms with Gasteiger partial charge in [-0.3, -0.25) is 14.5 Å². The highest BCUT2D eigenvalue weighted by atomic mass is 16.5. The molecule has 1 aromatic carbocycles. The second-order valence-electron chi connectivity index (χ2n) is 6.39. The lowest BCUT2D eigenvalue weighted by molar-refractivity contribution is -0.131. The van der Waals surface area contributed by atoms with Gasteiger partial charge in [0.15, 0.2) is 0 Å². The Kier molecular flexibility index (Phi) is 5.30. The minimum Gasteiger partial charge on any atom is -0.465 e. The number of esters is 2. The molecule has 2 fully saturated rings. The predicted molar refractivity (Wildman–Crippen MR) is 94.6 cm³/mol. The van der Waals surface area contributed by atoms with Crippen molar-refractivity contribution in [1.29, 1.82) is 0 Å². The summed E-state index contributed by atoms with van der Waals surface area (Å²) in [5, 5.41) is 2.50. The number of amides is 4. The van der Waals surface area contributed by atoms with Gasteiger partial charge in [-0.15, -0.1) is 0 Å². The van der Waals surface area contributed by atoms with Crippen LogP contribution in [0.15, 0.2) is 18.2 Å². The lowest BCUT2D eigenvalue weighted by atomic mass is 10.1. The van der Waals surface area contributed by atoms with Crippen LogP contribution < -0.4 is 5.32 Å². The van der Waals surface area contributed by atoms with Gasteiger partial charge in [-0.25, -0.2) is 14.4 Å². The summed E-state index contributed by atoms with van der Waals surface area (Å²) < 4.78 is 9.27. The summed E-state index contributed by atoms with van der Waals surface area (Å²) in [4.78, 5) is 62.9. The fourth-order valence-electron chi connectivity index (χ4n) is 3.34. The average molecular weight is 389 g/mol. The van der Waals surface area contributed by atoms with E-state index in [0.717, 1.165) is 11.3 Å². The number of anilines is 1. The van der Waals surface area contributed by atoms with Crippen molar-refractivity contribution in [3.05, 3.63) is 29.3 Å². The first kappa shape index (κ1) is 19.3. The van der Waals surface area contributed by atoms with Gasteiger partial charge in [0.05, 0.1) is 25.3 Å². The number of hydrogen-bond donors (Lipinski definition) is 1. The molecular weight excluding hydrogens is 370 g/mol. The minimum absolute atomic E-state index is 0.0367. The van der Waals surface area contributed by atoms with Crippen LogP contribution in [0, 0.1) is 0 Å². The molecule has 0 spiro atoms. The lowest BCUT2D eigenvalue weighted by Gasteiger charge is -2.15. The van der Waals surface area contributed by atoms with Crippen molar-refractivity contribution < 1.29 is 33.4 Å². The van der Waals surface area contributed by atoms with Crippen molar-refractivity contribution in [2.75, 3.05) is 32.6 Å². The van der Waals surface area contributed by atoms with E-state index in [-0.39, 0.29) is 16.8 Å². The molecule has 0 saturated carbocycles. The summed E-state index contributed by atoms with van der Waals surface area (Å²) in [6.07, 6.45) is 1.35. The molecule has 1 N–H and O–H groups in total. The summed E-state index contributed by atoms with van der Waals surface area (Å²) in [5.41, 5.74) is 0.206. The average Bonchev–Trinajstić information content (AvgIpc) is 3.26. The number of nitrogens with one attached hydrogen (secondary N) is 1. The smallest absolute Gasteiger partial charge is 0.337 e. The molecule has 0 aliphatic carbocycles. The molecule has 10 nitrogen and oxygen atoms in total. The molecule has 10 heteroatoms. The normalized spacial score (nSPS) is 18.1. The molecule has 3 rings (SSSR count). The third-order valence-corrected chi connectivity index (χ3v) is 4.64. The Morgan fingerprint density at radius 1 is 1.07 bits per heavy atom. The first-order valence-corrected chi connectivity index (χ1v) is 8.59. The molecule has 0 bridgehead atoms. The maximum Gasteiger partial charge on any atom is 0.337 e. The van der Waals surface area contributed by atoms with Gasteiger partial charge in [0, 0.05) is 12.2 Å². The topological polar surface area (TPSA) is 122 Å². The van der Waals surface area contributed by atoms with E-state index in [9.17, 15) is 24.0 Å². The van der Waals surface area contributed by atoms with Gasteiger partial charge in [0.25, 0.3) is 5.91 Å². The predicted octanol–water partition coefficient (Wildman–Crippen LogP) is 0.625. The number of benzene rings is 1. The standard InChI is InChI=1S/C18H19N3O7/c1-27-16(24)10-6-11(17(25)28-2)8-12(7-10)19-14(22)9-21-15(23)13-4-3-5-20(13)18(21)26/h6-8,13H,3-5,9H2,1-2H3,(H,19,22). The molecular formula is C18H19N3O7. The number of imide groups is 1. The molecule has 2 saturated heterocycles. The molecule has 148 valence electrons. The Morgan fingerprint density at radius 2 is 1.68 bits per heavy atom. The van der Waals surface area contributed by atoms with Crippen molar-refractivity contribution in [2.24, 2.45) is 0 Å². The lowest BCUT2D eigenvalue weighted by Crippen LogP contribution is -2.39. The maximum absolute atomic E-state index is 12.4. The van der Waals surface area contributed by atoms with Crippen LogP contribution in [0.25, 0.3) is 0 Å². The van der Waals surface area contributed by atoms with Crippen LogP contribution in [0.5, 0.6) is 0 Å². The van der Waals surface area contributed by atoms with E-state index >= 15 is 0 Å². The number of nitrogens with zero attached hydrogens (tertiary/aromatic N) is 2. The van der Waals surface area contributed by atoms with E-state index < -0.39 is 42.4 Å². The Morgan fingerprint density at radius 3 is 2.21 bits per heavy atom. The van der Waals surface area contributed by atoms with Gasteiger partial charge in [-0.1, -0.05) is 0 Å². The highest BCUT2D eigenvalue weighted by molar-refractivity contribution is 6.08. The Balaban J connectivity index is 1.76. The van der Waals surface area contributed by atoms with Crippen LogP contribution in [0.3, 0.4) is 0 Å². The number of methoxy groups -OCH3 is 2. The molecule has 2 aliphatic rings. The van der Waals surface area contributed by atoms with Gasteiger partial charge in [0.1, 0.15) is 12.6 Å². The maximum atomic E-state index is 12.4. The zero-order valence-corrected chi connectivity index (χ0v) is 15.4. The molecule has 0 aromatic heterocycles. The zero-order chi connectivity index (χ0) is 20.4. The third kappa shape index (κ3) is 3.53. The Hall–Kier alpha value is -3.43. The highest BCUT2D eigenvalue weighted by Crippen LogP contribution is 2.27. The highest BCUT2D eigenvalue weighted by Gasteiger charge is 2.47. The van der Waals surface area contributed by atoms with Crippen LogP contribution in [-0.2, 0) is 19.1 Å². The molecule has 2 heterocycles. The van der Waals surface area contributed by atoms with Crippen LogP contribution in [0.1, 0.15) is 33.6 Å². The van der Waals surface area contributed by atoms with E-state index in [2.05, 4.69) is 14.8 Å². The van der Waals surface area contributed by atoms with Crippen LogP contribution in [0.2, 0.25) is 0 Å².